The fourth-order valence-electron chi connectivity index (χ4n) is 2.86. The molecule has 0 atom stereocenters. The monoisotopic (exact) mass is 474 g/mol. The fraction of sp³-hybridized carbons (Fsp3) is 0.0500. The number of nitrogens with two attached hydrogens (primary N) is 1. The Morgan fingerprint density at radius 2 is 1.81 bits per heavy atom. The second kappa shape index (κ2) is 8.71. The molecule has 0 saturated carbocycles. The van der Waals surface area contributed by atoms with E-state index in [1.54, 1.807) is 12.1 Å². The second-order valence-electron chi connectivity index (χ2n) is 6.42. The van der Waals surface area contributed by atoms with E-state index in [0.717, 1.165) is 21.3 Å². The average molecular weight is 475 g/mol. The molecule has 2 aromatic carbocycles. The number of sulfonamides is 1. The molecule has 0 bridgehead atoms. The summed E-state index contributed by atoms with van der Waals surface area (Å²) in [6.45, 7) is 0. The molecular weight excluding hydrogens is 459 g/mol. The highest BCUT2D eigenvalue weighted by molar-refractivity contribution is 8.00. The number of carbonyl (C=O) groups excluding carboxylic acids is 1. The topological polar surface area (TPSA) is 115 Å². The molecule has 3 N–H and O–H groups in total. The maximum Gasteiger partial charge on any atom is 0.238 e. The number of nitrogens with zero attached hydrogens (tertiary/aromatic N) is 2. The number of rotatable bonds is 6. The van der Waals surface area contributed by atoms with Crippen LogP contribution in [-0.4, -0.2) is 30.0 Å². The number of halogens is 1. The zero-order valence-electron chi connectivity index (χ0n) is 15.8. The van der Waals surface area contributed by atoms with Crippen LogP contribution in [0, 0.1) is 5.82 Å². The Balaban J connectivity index is 1.50. The Hall–Kier alpha value is -2.86. The first-order valence-electron chi connectivity index (χ1n) is 8.85. The third kappa shape index (κ3) is 4.90. The van der Waals surface area contributed by atoms with E-state index in [1.165, 1.54) is 65.8 Å². The number of nitrogens with one attached hydrogen (secondary N) is 1. The molecule has 2 heterocycles. The number of fused-ring (bicyclic) bond motifs is 1. The number of aromatic nitrogens is 2. The summed E-state index contributed by atoms with van der Waals surface area (Å²) >= 11 is 2.70. The van der Waals surface area contributed by atoms with Gasteiger partial charge >= 0.3 is 0 Å². The molecule has 11 heteroatoms. The lowest BCUT2D eigenvalue weighted by molar-refractivity contribution is -0.113. The molecule has 0 unspecified atom stereocenters. The number of anilines is 1. The first-order chi connectivity index (χ1) is 14.8. The van der Waals surface area contributed by atoms with Crippen molar-refractivity contribution in [3.05, 3.63) is 66.1 Å². The highest BCUT2D eigenvalue weighted by atomic mass is 32.2. The average Bonchev–Trinajstić information content (AvgIpc) is 3.17. The molecule has 0 aliphatic carbocycles. The second-order valence-corrected chi connectivity index (χ2v) is 9.81. The van der Waals surface area contributed by atoms with Gasteiger partial charge in [0.25, 0.3) is 0 Å². The highest BCUT2D eigenvalue weighted by Crippen LogP contribution is 2.37. The summed E-state index contributed by atoms with van der Waals surface area (Å²) < 4.78 is 35.9. The normalized spacial score (nSPS) is 11.5. The van der Waals surface area contributed by atoms with Gasteiger partial charge in [0.2, 0.25) is 15.9 Å². The summed E-state index contributed by atoms with van der Waals surface area (Å²) in [6, 6.07) is 11.8. The lowest BCUT2D eigenvalue weighted by Gasteiger charge is -2.07. The number of amides is 1. The van der Waals surface area contributed by atoms with Gasteiger partial charge in [-0.25, -0.2) is 27.9 Å². The zero-order valence-corrected chi connectivity index (χ0v) is 18.2. The van der Waals surface area contributed by atoms with Gasteiger partial charge in [0.1, 0.15) is 22.0 Å². The van der Waals surface area contributed by atoms with Crippen LogP contribution in [0.2, 0.25) is 0 Å². The molecule has 0 aliphatic heterocycles. The molecule has 0 fully saturated rings. The quantitative estimate of drug-likeness (QED) is 0.324. The van der Waals surface area contributed by atoms with Crippen molar-refractivity contribution in [2.24, 2.45) is 5.14 Å². The summed E-state index contributed by atoms with van der Waals surface area (Å²) in [6.07, 6.45) is 1.44. The van der Waals surface area contributed by atoms with E-state index < -0.39 is 10.0 Å². The lowest BCUT2D eigenvalue weighted by Crippen LogP contribution is -2.15. The third-order valence-electron chi connectivity index (χ3n) is 4.30. The molecule has 1 amide bonds. The summed E-state index contributed by atoms with van der Waals surface area (Å²) in [5.74, 6) is -0.511. The van der Waals surface area contributed by atoms with Crippen molar-refractivity contribution in [1.82, 2.24) is 9.97 Å². The first-order valence-corrected chi connectivity index (χ1v) is 12.3. The van der Waals surface area contributed by atoms with Crippen molar-refractivity contribution in [2.45, 2.75) is 9.92 Å². The Labute approximate surface area is 185 Å². The van der Waals surface area contributed by atoms with Crippen molar-refractivity contribution in [3.8, 4) is 11.1 Å². The van der Waals surface area contributed by atoms with Crippen LogP contribution in [0.5, 0.6) is 0 Å². The Bertz CT molecular complexity index is 1350. The summed E-state index contributed by atoms with van der Waals surface area (Å²) in [5.41, 5.74) is 2.17. The van der Waals surface area contributed by atoms with Crippen LogP contribution in [0.25, 0.3) is 21.3 Å². The third-order valence-corrected chi connectivity index (χ3v) is 7.10. The molecule has 0 radical (unpaired) electrons. The lowest BCUT2D eigenvalue weighted by atomic mass is 10.1. The molecule has 0 aliphatic rings. The van der Waals surface area contributed by atoms with E-state index in [1.807, 2.05) is 5.38 Å². The van der Waals surface area contributed by atoms with Crippen molar-refractivity contribution in [3.63, 3.8) is 0 Å². The van der Waals surface area contributed by atoms with Gasteiger partial charge in [-0.15, -0.1) is 11.3 Å². The standard InChI is InChI=1S/C20H15FN4O3S3/c21-13-3-1-12(2-4-13)16-9-29-19-18(16)20(24-11-23-19)30-10-17(26)25-14-5-7-15(8-6-14)31(22,27)28/h1-9,11H,10H2,(H,25,26)(H2,22,27,28). The number of thioether (sulfide) groups is 1. The molecule has 0 spiro atoms. The minimum atomic E-state index is -3.79. The number of hydrogen-bond donors (Lipinski definition) is 2. The SMILES string of the molecule is NS(=O)(=O)c1ccc(NC(=O)CSc2ncnc3scc(-c4ccc(F)cc4)c23)cc1. The largest absolute Gasteiger partial charge is 0.325 e. The van der Waals surface area contributed by atoms with Crippen molar-refractivity contribution >= 4 is 54.9 Å². The Morgan fingerprint density at radius 1 is 1.10 bits per heavy atom. The van der Waals surface area contributed by atoms with Gasteiger partial charge in [-0.1, -0.05) is 23.9 Å². The minimum Gasteiger partial charge on any atom is -0.325 e. The van der Waals surface area contributed by atoms with Gasteiger partial charge in [0, 0.05) is 16.6 Å². The summed E-state index contributed by atoms with van der Waals surface area (Å²) in [7, 11) is -3.79. The van der Waals surface area contributed by atoms with Crippen LogP contribution in [0.15, 0.2) is 70.2 Å². The zero-order chi connectivity index (χ0) is 22.0. The molecule has 2 aromatic heterocycles. The molecule has 31 heavy (non-hydrogen) atoms. The van der Waals surface area contributed by atoms with E-state index in [0.29, 0.717) is 10.7 Å². The predicted molar refractivity (Wildman–Crippen MR) is 120 cm³/mol. The minimum absolute atomic E-state index is 0.0333. The van der Waals surface area contributed by atoms with Gasteiger partial charge in [-0.2, -0.15) is 0 Å². The predicted octanol–water partition coefficient (Wildman–Crippen LogP) is 3.88. The van der Waals surface area contributed by atoms with Crippen LogP contribution < -0.4 is 10.5 Å². The van der Waals surface area contributed by atoms with Crippen LogP contribution in [0.1, 0.15) is 0 Å². The van der Waals surface area contributed by atoms with Crippen molar-refractivity contribution in [2.75, 3.05) is 11.1 Å². The molecular formula is C20H15FN4O3S3. The van der Waals surface area contributed by atoms with Gasteiger partial charge in [0.15, 0.2) is 0 Å². The number of thiophene rings is 1. The number of benzene rings is 2. The molecule has 4 rings (SSSR count). The summed E-state index contributed by atoms with van der Waals surface area (Å²) in [5, 5.41) is 11.2. The maximum absolute atomic E-state index is 13.3. The molecule has 0 saturated heterocycles. The van der Waals surface area contributed by atoms with E-state index in [2.05, 4.69) is 15.3 Å². The van der Waals surface area contributed by atoms with Crippen LogP contribution in [-0.2, 0) is 14.8 Å². The van der Waals surface area contributed by atoms with Crippen LogP contribution >= 0.6 is 23.1 Å². The van der Waals surface area contributed by atoms with Crippen LogP contribution in [0.3, 0.4) is 0 Å². The molecule has 7 nitrogen and oxygen atoms in total. The number of hydrogen-bond acceptors (Lipinski definition) is 7. The first kappa shape index (κ1) is 21.4. The van der Waals surface area contributed by atoms with E-state index in [9.17, 15) is 17.6 Å². The smallest absolute Gasteiger partial charge is 0.238 e. The Morgan fingerprint density at radius 3 is 2.48 bits per heavy atom. The molecule has 158 valence electrons. The van der Waals surface area contributed by atoms with Crippen molar-refractivity contribution in [1.29, 1.82) is 0 Å². The number of carbonyl (C=O) groups is 1. The molecule has 4 aromatic rings. The van der Waals surface area contributed by atoms with E-state index >= 15 is 0 Å². The van der Waals surface area contributed by atoms with E-state index in [4.69, 9.17) is 5.14 Å². The summed E-state index contributed by atoms with van der Waals surface area (Å²) in [4.78, 5) is 21.7. The van der Waals surface area contributed by atoms with Gasteiger partial charge in [0.05, 0.1) is 16.0 Å². The van der Waals surface area contributed by atoms with Crippen molar-refractivity contribution < 1.29 is 17.6 Å². The Kier molecular flexibility index (Phi) is 6.01. The van der Waals surface area contributed by atoms with E-state index in [-0.39, 0.29) is 22.4 Å². The van der Waals surface area contributed by atoms with Crippen LogP contribution in [0.4, 0.5) is 10.1 Å². The van der Waals surface area contributed by atoms with Gasteiger partial charge in [-0.3, -0.25) is 4.79 Å². The van der Waals surface area contributed by atoms with Gasteiger partial charge < -0.3 is 5.32 Å². The maximum atomic E-state index is 13.3. The van der Waals surface area contributed by atoms with Gasteiger partial charge in [-0.05, 0) is 42.0 Å². The number of primary sulfonamides is 1. The highest BCUT2D eigenvalue weighted by Gasteiger charge is 2.15. The fourth-order valence-corrected chi connectivity index (χ4v) is 5.17.